The Balaban J connectivity index is 2.01. The van der Waals surface area contributed by atoms with Crippen LogP contribution in [0.25, 0.3) is 0 Å². The highest BCUT2D eigenvalue weighted by Crippen LogP contribution is 2.16. The number of aromatic nitrogens is 2. The third-order valence-electron chi connectivity index (χ3n) is 3.29. The molecule has 1 aliphatic rings. The maximum absolute atomic E-state index is 4.33. The summed E-state index contributed by atoms with van der Waals surface area (Å²) in [7, 11) is 0. The van der Waals surface area contributed by atoms with Crippen LogP contribution in [-0.4, -0.2) is 27.5 Å². The summed E-state index contributed by atoms with van der Waals surface area (Å²) in [5.41, 5.74) is 1.33. The Bertz CT molecular complexity index is 327. The van der Waals surface area contributed by atoms with E-state index in [0.717, 1.165) is 17.8 Å². The van der Waals surface area contributed by atoms with Crippen molar-refractivity contribution in [3.8, 4) is 0 Å². The second-order valence-electron chi connectivity index (χ2n) is 4.45. The molecule has 0 saturated carbocycles. The fourth-order valence-electron chi connectivity index (χ4n) is 2.37. The van der Waals surface area contributed by atoms with Crippen LogP contribution < -0.4 is 0 Å². The van der Waals surface area contributed by atoms with Crippen molar-refractivity contribution in [1.82, 2.24) is 14.5 Å². The van der Waals surface area contributed by atoms with Crippen LogP contribution in [0.2, 0.25) is 0 Å². The number of nitrogens with zero attached hydrogens (tertiary/aromatic N) is 3. The molecule has 0 aromatic carbocycles. The minimum absolute atomic E-state index is 0.958. The van der Waals surface area contributed by atoms with Crippen molar-refractivity contribution >= 4 is 15.9 Å². The van der Waals surface area contributed by atoms with Gasteiger partial charge in [-0.3, -0.25) is 4.90 Å². The Hall–Kier alpha value is -0.350. The van der Waals surface area contributed by atoms with Gasteiger partial charge in [-0.25, -0.2) is 4.98 Å². The van der Waals surface area contributed by atoms with E-state index in [9.17, 15) is 0 Å². The van der Waals surface area contributed by atoms with E-state index in [0.29, 0.717) is 0 Å². The Labute approximate surface area is 106 Å². The standard InChI is InChI=1S/C12H20BrN3/c1-2-16-11(9-14-12(16)13)10-15-7-5-3-4-6-8-15/h9H,2-8,10H2,1H3. The van der Waals surface area contributed by atoms with Crippen molar-refractivity contribution in [1.29, 1.82) is 0 Å². The molecule has 2 heterocycles. The molecule has 1 aromatic heterocycles. The van der Waals surface area contributed by atoms with E-state index in [1.165, 1.54) is 44.5 Å². The van der Waals surface area contributed by atoms with Gasteiger partial charge in [-0.05, 0) is 48.8 Å². The van der Waals surface area contributed by atoms with Crippen molar-refractivity contribution < 1.29 is 0 Å². The molecule has 1 saturated heterocycles. The molecule has 0 aliphatic carbocycles. The van der Waals surface area contributed by atoms with Gasteiger partial charge >= 0.3 is 0 Å². The second-order valence-corrected chi connectivity index (χ2v) is 5.16. The molecule has 0 N–H and O–H groups in total. The number of imidazole rings is 1. The maximum Gasteiger partial charge on any atom is 0.177 e. The number of halogens is 1. The van der Waals surface area contributed by atoms with E-state index in [2.05, 4.69) is 37.3 Å². The van der Waals surface area contributed by atoms with Crippen molar-refractivity contribution in [3.05, 3.63) is 16.6 Å². The molecule has 16 heavy (non-hydrogen) atoms. The van der Waals surface area contributed by atoms with Gasteiger partial charge < -0.3 is 4.57 Å². The van der Waals surface area contributed by atoms with E-state index in [-0.39, 0.29) is 0 Å². The van der Waals surface area contributed by atoms with Gasteiger partial charge in [0.25, 0.3) is 0 Å². The highest BCUT2D eigenvalue weighted by molar-refractivity contribution is 9.10. The van der Waals surface area contributed by atoms with Gasteiger partial charge in [-0.1, -0.05) is 12.8 Å². The van der Waals surface area contributed by atoms with Gasteiger partial charge in [0.2, 0.25) is 0 Å². The fraction of sp³-hybridized carbons (Fsp3) is 0.750. The van der Waals surface area contributed by atoms with Gasteiger partial charge in [0.15, 0.2) is 4.73 Å². The topological polar surface area (TPSA) is 21.1 Å². The maximum atomic E-state index is 4.33. The van der Waals surface area contributed by atoms with E-state index >= 15 is 0 Å². The van der Waals surface area contributed by atoms with Crippen LogP contribution in [0.5, 0.6) is 0 Å². The second kappa shape index (κ2) is 5.82. The van der Waals surface area contributed by atoms with Crippen LogP contribution in [-0.2, 0) is 13.1 Å². The summed E-state index contributed by atoms with van der Waals surface area (Å²) in [6.07, 6.45) is 7.49. The van der Waals surface area contributed by atoms with Crippen molar-refractivity contribution in [2.75, 3.05) is 13.1 Å². The largest absolute Gasteiger partial charge is 0.322 e. The lowest BCUT2D eigenvalue weighted by molar-refractivity contribution is 0.269. The molecule has 1 aromatic rings. The zero-order valence-corrected chi connectivity index (χ0v) is 11.5. The summed E-state index contributed by atoms with van der Waals surface area (Å²) < 4.78 is 3.20. The monoisotopic (exact) mass is 285 g/mol. The average Bonchev–Trinajstić information content (AvgIpc) is 2.51. The molecule has 0 atom stereocenters. The Morgan fingerprint density at radius 3 is 2.56 bits per heavy atom. The number of likely N-dealkylation sites (tertiary alicyclic amines) is 1. The molecule has 0 radical (unpaired) electrons. The van der Waals surface area contributed by atoms with Crippen molar-refractivity contribution in [2.45, 2.75) is 45.7 Å². The summed E-state index contributed by atoms with van der Waals surface area (Å²) >= 11 is 3.49. The van der Waals surface area contributed by atoms with Crippen LogP contribution in [0.4, 0.5) is 0 Å². The lowest BCUT2D eigenvalue weighted by atomic mass is 10.2. The molecule has 1 aliphatic heterocycles. The highest BCUT2D eigenvalue weighted by Gasteiger charge is 2.13. The van der Waals surface area contributed by atoms with Crippen molar-refractivity contribution in [3.63, 3.8) is 0 Å². The number of hydrogen-bond acceptors (Lipinski definition) is 2. The summed E-state index contributed by atoms with van der Waals surface area (Å²) in [4.78, 5) is 6.89. The van der Waals surface area contributed by atoms with Crippen LogP contribution in [0, 0.1) is 0 Å². The fourth-order valence-corrected chi connectivity index (χ4v) is 2.95. The third kappa shape index (κ3) is 2.86. The third-order valence-corrected chi connectivity index (χ3v) is 3.92. The first-order chi connectivity index (χ1) is 7.81. The highest BCUT2D eigenvalue weighted by atomic mass is 79.9. The lowest BCUT2D eigenvalue weighted by Crippen LogP contribution is -2.25. The smallest absolute Gasteiger partial charge is 0.177 e. The summed E-state index contributed by atoms with van der Waals surface area (Å²) in [5.74, 6) is 0. The molecular weight excluding hydrogens is 266 g/mol. The first kappa shape index (κ1) is 12.1. The van der Waals surface area contributed by atoms with Gasteiger partial charge in [0.05, 0.1) is 11.9 Å². The molecule has 4 heteroatoms. The van der Waals surface area contributed by atoms with Gasteiger partial charge in [0.1, 0.15) is 0 Å². The van der Waals surface area contributed by atoms with E-state index < -0.39 is 0 Å². The van der Waals surface area contributed by atoms with Crippen LogP contribution in [0.3, 0.4) is 0 Å². The molecule has 0 unspecified atom stereocenters. The molecule has 90 valence electrons. The van der Waals surface area contributed by atoms with Crippen LogP contribution in [0.15, 0.2) is 10.9 Å². The molecule has 3 nitrogen and oxygen atoms in total. The Morgan fingerprint density at radius 2 is 1.94 bits per heavy atom. The summed E-state index contributed by atoms with van der Waals surface area (Å²) in [5, 5.41) is 0. The van der Waals surface area contributed by atoms with E-state index in [1.807, 2.05) is 6.20 Å². The predicted molar refractivity (Wildman–Crippen MR) is 69.3 cm³/mol. The minimum atomic E-state index is 0.958. The zero-order chi connectivity index (χ0) is 11.4. The first-order valence-electron chi connectivity index (χ1n) is 6.23. The molecule has 0 bridgehead atoms. The van der Waals surface area contributed by atoms with Gasteiger partial charge in [-0.2, -0.15) is 0 Å². The normalized spacial score (nSPS) is 18.6. The first-order valence-corrected chi connectivity index (χ1v) is 7.03. The zero-order valence-electron chi connectivity index (χ0n) is 9.95. The number of rotatable bonds is 3. The summed E-state index contributed by atoms with van der Waals surface area (Å²) in [6, 6.07) is 0. The molecule has 2 rings (SSSR count). The quantitative estimate of drug-likeness (QED) is 0.851. The molecular formula is C12H20BrN3. The SMILES string of the molecule is CCn1c(CN2CCCCCC2)cnc1Br. The Kier molecular flexibility index (Phi) is 4.41. The molecule has 0 spiro atoms. The molecule has 0 amide bonds. The number of hydrogen-bond donors (Lipinski definition) is 0. The lowest BCUT2D eigenvalue weighted by Gasteiger charge is -2.20. The molecule has 1 fully saturated rings. The predicted octanol–water partition coefficient (Wildman–Crippen LogP) is 3.04. The van der Waals surface area contributed by atoms with Crippen LogP contribution in [0.1, 0.15) is 38.3 Å². The van der Waals surface area contributed by atoms with Crippen molar-refractivity contribution in [2.24, 2.45) is 0 Å². The average molecular weight is 286 g/mol. The summed E-state index contributed by atoms with van der Waals surface area (Å²) in [6.45, 7) is 6.69. The van der Waals surface area contributed by atoms with Gasteiger partial charge in [-0.15, -0.1) is 0 Å². The van der Waals surface area contributed by atoms with E-state index in [4.69, 9.17) is 0 Å². The van der Waals surface area contributed by atoms with Gasteiger partial charge in [0, 0.05) is 13.1 Å². The van der Waals surface area contributed by atoms with Crippen LogP contribution >= 0.6 is 15.9 Å². The Morgan fingerprint density at radius 1 is 1.25 bits per heavy atom. The van der Waals surface area contributed by atoms with E-state index in [1.54, 1.807) is 0 Å². The minimum Gasteiger partial charge on any atom is -0.322 e.